The predicted molar refractivity (Wildman–Crippen MR) is 127 cm³/mol. The number of nitrogens with zero attached hydrogens (tertiary/aromatic N) is 3. The maximum Gasteiger partial charge on any atom is 0.251 e. The highest BCUT2D eigenvalue weighted by Crippen LogP contribution is 2.45. The smallest absolute Gasteiger partial charge is 0.251 e. The third kappa shape index (κ3) is 3.47. The average Bonchev–Trinajstić information content (AvgIpc) is 2.98. The third-order valence-corrected chi connectivity index (χ3v) is 7.38. The minimum atomic E-state index is -1.43. The van der Waals surface area contributed by atoms with Gasteiger partial charge in [0, 0.05) is 25.9 Å². The quantitative estimate of drug-likeness (QED) is 0.754. The fourth-order valence-electron chi connectivity index (χ4n) is 5.70. The first kappa shape index (κ1) is 22.8. The van der Waals surface area contributed by atoms with Gasteiger partial charge in [-0.2, -0.15) is 5.01 Å². The van der Waals surface area contributed by atoms with Crippen LogP contribution in [0.2, 0.25) is 0 Å². The van der Waals surface area contributed by atoms with E-state index in [0.29, 0.717) is 13.2 Å². The zero-order valence-electron chi connectivity index (χ0n) is 19.8. The Morgan fingerprint density at radius 2 is 1.59 bits per heavy atom. The number of benzene rings is 2. The Balaban J connectivity index is 1.75. The fraction of sp³-hybridized carbons (Fsp3) is 0.407. The van der Waals surface area contributed by atoms with E-state index in [0.717, 1.165) is 12.8 Å². The number of aliphatic hydroxyl groups is 1. The molecule has 1 N–H and O–H groups in total. The lowest BCUT2D eigenvalue weighted by Gasteiger charge is -2.61. The van der Waals surface area contributed by atoms with Crippen molar-refractivity contribution in [1.29, 1.82) is 0 Å². The Bertz CT molecular complexity index is 1100. The van der Waals surface area contributed by atoms with Crippen LogP contribution in [-0.2, 0) is 27.2 Å². The van der Waals surface area contributed by atoms with Crippen LogP contribution >= 0.6 is 0 Å². The second kappa shape index (κ2) is 8.65. The Morgan fingerprint density at radius 1 is 1.00 bits per heavy atom. The standard InChI is InChI=1S/C27H31N3O4/c1-27(2)28(16-17-34-3)26(33)24-25(32)22(31)14-15-29(24)30(27)23-20-10-6-4-8-18(20)12-13-19-9-5-7-11-21(19)23/h4-11,14-15,23-25,32H,12-13,16-17H2,1-3H3. The zero-order valence-corrected chi connectivity index (χ0v) is 19.8. The van der Waals surface area contributed by atoms with E-state index in [-0.39, 0.29) is 11.9 Å². The van der Waals surface area contributed by atoms with Crippen LogP contribution in [0.4, 0.5) is 0 Å². The van der Waals surface area contributed by atoms with Crippen molar-refractivity contribution in [3.63, 3.8) is 0 Å². The molecule has 1 aliphatic carbocycles. The zero-order chi connectivity index (χ0) is 24.0. The number of aliphatic hydroxyl groups excluding tert-OH is 1. The van der Waals surface area contributed by atoms with Gasteiger partial charge >= 0.3 is 0 Å². The van der Waals surface area contributed by atoms with E-state index in [2.05, 4.69) is 41.4 Å². The molecule has 2 aromatic rings. The largest absolute Gasteiger partial charge is 0.383 e. The second-order valence-corrected chi connectivity index (χ2v) is 9.61. The molecule has 0 radical (unpaired) electrons. The number of methoxy groups -OCH3 is 1. The first-order valence-electron chi connectivity index (χ1n) is 11.8. The molecule has 1 fully saturated rings. The van der Waals surface area contributed by atoms with Crippen LogP contribution in [0.3, 0.4) is 0 Å². The average molecular weight is 462 g/mol. The summed E-state index contributed by atoms with van der Waals surface area (Å²) >= 11 is 0. The number of rotatable bonds is 4. The minimum absolute atomic E-state index is 0.212. The summed E-state index contributed by atoms with van der Waals surface area (Å²) in [4.78, 5) is 27.9. The Hall–Kier alpha value is -3.00. The first-order chi connectivity index (χ1) is 16.4. The monoisotopic (exact) mass is 461 g/mol. The molecule has 0 saturated carbocycles. The molecule has 5 rings (SSSR count). The molecular formula is C27H31N3O4. The number of hydrogen-bond acceptors (Lipinski definition) is 6. The van der Waals surface area contributed by atoms with Gasteiger partial charge in [-0.15, -0.1) is 0 Å². The topological polar surface area (TPSA) is 73.3 Å². The number of fused-ring (bicyclic) bond motifs is 3. The number of carbonyl (C=O) groups is 2. The third-order valence-electron chi connectivity index (χ3n) is 7.38. The maximum atomic E-state index is 13.7. The van der Waals surface area contributed by atoms with Crippen LogP contribution in [0.25, 0.3) is 0 Å². The number of ketones is 1. The summed E-state index contributed by atoms with van der Waals surface area (Å²) in [7, 11) is 1.60. The fourth-order valence-corrected chi connectivity index (χ4v) is 5.70. The second-order valence-electron chi connectivity index (χ2n) is 9.61. The van der Waals surface area contributed by atoms with Gasteiger partial charge in [-0.3, -0.25) is 14.6 Å². The van der Waals surface area contributed by atoms with Crippen LogP contribution in [0, 0.1) is 0 Å². The van der Waals surface area contributed by atoms with E-state index in [1.54, 1.807) is 23.2 Å². The van der Waals surface area contributed by atoms with Crippen LogP contribution in [-0.4, -0.2) is 69.8 Å². The maximum absolute atomic E-state index is 13.7. The van der Waals surface area contributed by atoms with Crippen LogP contribution < -0.4 is 0 Å². The van der Waals surface area contributed by atoms with E-state index in [1.807, 2.05) is 26.0 Å². The van der Waals surface area contributed by atoms with Gasteiger partial charge in [0.25, 0.3) is 5.91 Å². The van der Waals surface area contributed by atoms with E-state index < -0.39 is 23.6 Å². The summed E-state index contributed by atoms with van der Waals surface area (Å²) in [5.74, 6) is -0.735. The molecule has 0 bridgehead atoms. The summed E-state index contributed by atoms with van der Waals surface area (Å²) in [5.41, 5.74) is 4.08. The highest BCUT2D eigenvalue weighted by atomic mass is 16.5. The highest BCUT2D eigenvalue weighted by Gasteiger charge is 2.56. The predicted octanol–water partition coefficient (Wildman–Crippen LogP) is 2.44. The van der Waals surface area contributed by atoms with Crippen LogP contribution in [0.1, 0.15) is 42.1 Å². The highest BCUT2D eigenvalue weighted by molar-refractivity contribution is 6.00. The first-order valence-corrected chi connectivity index (χ1v) is 11.8. The van der Waals surface area contributed by atoms with Gasteiger partial charge in [0.05, 0.1) is 12.6 Å². The van der Waals surface area contributed by atoms with Crippen molar-refractivity contribution >= 4 is 11.7 Å². The van der Waals surface area contributed by atoms with E-state index in [9.17, 15) is 14.7 Å². The van der Waals surface area contributed by atoms with E-state index in [1.165, 1.54) is 28.3 Å². The Morgan fingerprint density at radius 3 is 2.18 bits per heavy atom. The normalized spacial score (nSPS) is 24.5. The number of aryl methyl sites for hydroxylation is 2. The molecule has 1 amide bonds. The molecule has 7 nitrogen and oxygen atoms in total. The molecular weight excluding hydrogens is 430 g/mol. The molecule has 0 aromatic heterocycles. The van der Waals surface area contributed by atoms with Crippen molar-refractivity contribution in [2.24, 2.45) is 0 Å². The molecule has 0 spiro atoms. The summed E-state index contributed by atoms with van der Waals surface area (Å²) < 4.78 is 5.31. The van der Waals surface area contributed by atoms with Crippen molar-refractivity contribution < 1.29 is 19.4 Å². The summed E-state index contributed by atoms with van der Waals surface area (Å²) in [5, 5.41) is 14.8. The van der Waals surface area contributed by atoms with Crippen LogP contribution in [0.5, 0.6) is 0 Å². The lowest BCUT2D eigenvalue weighted by Crippen LogP contribution is -2.76. The Labute approximate surface area is 200 Å². The molecule has 2 aromatic carbocycles. The summed E-state index contributed by atoms with van der Waals surface area (Å²) in [6.07, 6.45) is 3.44. The number of amides is 1. The molecule has 178 valence electrons. The molecule has 2 atom stereocenters. The van der Waals surface area contributed by atoms with Crippen molar-refractivity contribution in [1.82, 2.24) is 14.9 Å². The van der Waals surface area contributed by atoms with Gasteiger partial charge in [0.2, 0.25) is 0 Å². The van der Waals surface area contributed by atoms with Gasteiger partial charge in [-0.05, 0) is 48.9 Å². The molecule has 1 saturated heterocycles. The lowest BCUT2D eigenvalue weighted by molar-refractivity contribution is -0.231. The van der Waals surface area contributed by atoms with E-state index >= 15 is 0 Å². The SMILES string of the molecule is COCCN1C(=O)C2C(O)C(=O)C=CN2N(C2c3ccccc3CCc3ccccc32)C1(C)C. The lowest BCUT2D eigenvalue weighted by atomic mass is 9.89. The Kier molecular flexibility index (Phi) is 5.80. The number of hydrogen-bond donors (Lipinski definition) is 1. The van der Waals surface area contributed by atoms with Gasteiger partial charge in [0.1, 0.15) is 11.8 Å². The molecule has 7 heteroatoms. The molecule has 2 heterocycles. The molecule has 34 heavy (non-hydrogen) atoms. The van der Waals surface area contributed by atoms with Crippen molar-refractivity contribution in [2.75, 3.05) is 20.3 Å². The van der Waals surface area contributed by atoms with Gasteiger partial charge in [-0.1, -0.05) is 48.5 Å². The van der Waals surface area contributed by atoms with Gasteiger partial charge in [-0.25, -0.2) is 0 Å². The van der Waals surface area contributed by atoms with Crippen molar-refractivity contribution in [3.8, 4) is 0 Å². The molecule has 2 unspecified atom stereocenters. The number of hydrazine groups is 1. The molecule has 2 aliphatic heterocycles. The van der Waals surface area contributed by atoms with Crippen molar-refractivity contribution in [3.05, 3.63) is 83.1 Å². The summed E-state index contributed by atoms with van der Waals surface area (Å²) in [6.45, 7) is 4.74. The van der Waals surface area contributed by atoms with Gasteiger partial charge < -0.3 is 14.7 Å². The minimum Gasteiger partial charge on any atom is -0.383 e. The number of carbonyl (C=O) groups excluding carboxylic acids is 2. The summed E-state index contributed by atoms with van der Waals surface area (Å²) in [6, 6.07) is 15.6. The van der Waals surface area contributed by atoms with Crippen molar-refractivity contribution in [2.45, 2.75) is 50.5 Å². The molecule has 3 aliphatic rings. The number of ether oxygens (including phenoxy) is 1. The van der Waals surface area contributed by atoms with E-state index in [4.69, 9.17) is 4.74 Å². The van der Waals surface area contributed by atoms with Gasteiger partial charge in [0.15, 0.2) is 11.8 Å². The van der Waals surface area contributed by atoms with Crippen LogP contribution in [0.15, 0.2) is 60.8 Å².